The number of amides is 1. The van der Waals surface area contributed by atoms with Crippen molar-refractivity contribution in [2.45, 2.75) is 31.6 Å². The number of sulfonamides is 1. The van der Waals surface area contributed by atoms with Crippen LogP contribution >= 0.6 is 0 Å². The molecule has 1 fully saturated rings. The highest BCUT2D eigenvalue weighted by Crippen LogP contribution is 2.23. The van der Waals surface area contributed by atoms with Crippen molar-refractivity contribution in [3.05, 3.63) is 35.4 Å². The van der Waals surface area contributed by atoms with Crippen LogP contribution in [0.3, 0.4) is 0 Å². The molecule has 22 heavy (non-hydrogen) atoms. The zero-order valence-corrected chi connectivity index (χ0v) is 13.6. The first-order valence-corrected chi connectivity index (χ1v) is 9.12. The van der Waals surface area contributed by atoms with Crippen LogP contribution in [-0.2, 0) is 15.8 Å². The predicted molar refractivity (Wildman–Crippen MR) is 85.5 cm³/mol. The van der Waals surface area contributed by atoms with E-state index in [2.05, 4.69) is 6.92 Å². The van der Waals surface area contributed by atoms with Gasteiger partial charge in [0.15, 0.2) is 0 Å². The smallest absolute Gasteiger partial charge is 0.254 e. The average molecular weight is 325 g/mol. The van der Waals surface area contributed by atoms with Crippen molar-refractivity contribution < 1.29 is 13.2 Å². The maximum atomic E-state index is 12.6. The van der Waals surface area contributed by atoms with E-state index >= 15 is 0 Å². The van der Waals surface area contributed by atoms with Gasteiger partial charge in [0, 0.05) is 24.7 Å². The molecule has 1 aromatic carbocycles. The molecule has 0 bridgehead atoms. The molecule has 1 aliphatic rings. The molecule has 1 heterocycles. The maximum absolute atomic E-state index is 12.6. The zero-order valence-electron chi connectivity index (χ0n) is 12.7. The topological polar surface area (TPSA) is 106 Å². The highest BCUT2D eigenvalue weighted by Gasteiger charge is 2.29. The third kappa shape index (κ3) is 4.28. The Morgan fingerprint density at radius 3 is 2.50 bits per heavy atom. The molecule has 2 unspecified atom stereocenters. The molecule has 2 atom stereocenters. The molecular weight excluding hydrogens is 302 g/mol. The number of primary sulfonamides is 1. The predicted octanol–water partition coefficient (Wildman–Crippen LogP) is 0.675. The molecule has 1 amide bonds. The van der Waals surface area contributed by atoms with Crippen molar-refractivity contribution in [2.24, 2.45) is 16.8 Å². The average Bonchev–Trinajstić information content (AvgIpc) is 2.45. The van der Waals surface area contributed by atoms with Crippen molar-refractivity contribution >= 4 is 15.9 Å². The van der Waals surface area contributed by atoms with E-state index in [0.29, 0.717) is 30.1 Å². The normalized spacial score (nSPS) is 22.6. The molecule has 1 saturated heterocycles. The molecule has 122 valence electrons. The van der Waals surface area contributed by atoms with E-state index < -0.39 is 10.0 Å². The monoisotopic (exact) mass is 325 g/mol. The van der Waals surface area contributed by atoms with Crippen LogP contribution in [0.25, 0.3) is 0 Å². The van der Waals surface area contributed by atoms with Crippen LogP contribution in [-0.4, -0.2) is 38.4 Å². The van der Waals surface area contributed by atoms with Crippen LogP contribution in [0.15, 0.2) is 24.3 Å². The summed E-state index contributed by atoms with van der Waals surface area (Å²) in [5.41, 5.74) is 6.91. The van der Waals surface area contributed by atoms with E-state index in [0.717, 1.165) is 12.8 Å². The summed E-state index contributed by atoms with van der Waals surface area (Å²) in [5.74, 6) is 0.299. The number of nitrogens with two attached hydrogens (primary N) is 2. The van der Waals surface area contributed by atoms with Gasteiger partial charge in [-0.2, -0.15) is 0 Å². The molecule has 1 aromatic rings. The third-order valence-corrected chi connectivity index (χ3v) is 4.82. The van der Waals surface area contributed by atoms with E-state index in [1.54, 1.807) is 24.3 Å². The second kappa shape index (κ2) is 6.76. The molecule has 2 rings (SSSR count). The van der Waals surface area contributed by atoms with Crippen molar-refractivity contribution in [1.82, 2.24) is 4.90 Å². The number of carbonyl (C=O) groups is 1. The second-order valence-corrected chi connectivity index (χ2v) is 7.64. The molecule has 7 heteroatoms. The maximum Gasteiger partial charge on any atom is 0.254 e. The molecular formula is C15H23N3O3S. The van der Waals surface area contributed by atoms with Crippen LogP contribution in [0.5, 0.6) is 0 Å². The molecule has 6 nitrogen and oxygen atoms in total. The van der Waals surface area contributed by atoms with Gasteiger partial charge >= 0.3 is 0 Å². The van der Waals surface area contributed by atoms with Crippen LogP contribution in [0.4, 0.5) is 0 Å². The van der Waals surface area contributed by atoms with Gasteiger partial charge in [0.1, 0.15) is 0 Å². The molecule has 1 aliphatic heterocycles. The number of benzene rings is 1. The minimum absolute atomic E-state index is 0.0514. The van der Waals surface area contributed by atoms with Crippen molar-refractivity contribution in [2.75, 3.05) is 13.1 Å². The van der Waals surface area contributed by atoms with E-state index in [1.807, 2.05) is 4.90 Å². The van der Waals surface area contributed by atoms with Gasteiger partial charge in [0.25, 0.3) is 5.91 Å². The standard InChI is InChI=1S/C15H23N3O3S/c1-11-6-7-18(14(8-11)9-16)15(19)13-4-2-12(3-5-13)10-22(17,20)21/h2-5,11,14H,6-10,16H2,1H3,(H2,17,20,21). The van der Waals surface area contributed by atoms with Crippen LogP contribution in [0.1, 0.15) is 35.7 Å². The Morgan fingerprint density at radius 2 is 1.95 bits per heavy atom. The van der Waals surface area contributed by atoms with Gasteiger partial charge in [-0.15, -0.1) is 0 Å². The SMILES string of the molecule is CC1CCN(C(=O)c2ccc(CS(N)(=O)=O)cc2)C(CN)C1. The van der Waals surface area contributed by atoms with Crippen molar-refractivity contribution in [3.8, 4) is 0 Å². The van der Waals surface area contributed by atoms with E-state index in [-0.39, 0.29) is 17.7 Å². The number of piperidine rings is 1. The van der Waals surface area contributed by atoms with Gasteiger partial charge in [-0.05, 0) is 36.5 Å². The summed E-state index contributed by atoms with van der Waals surface area (Å²) in [6.07, 6.45) is 1.90. The number of rotatable bonds is 4. The summed E-state index contributed by atoms with van der Waals surface area (Å²) in [5, 5.41) is 5.01. The summed E-state index contributed by atoms with van der Waals surface area (Å²) in [6.45, 7) is 3.34. The van der Waals surface area contributed by atoms with Gasteiger partial charge in [-0.1, -0.05) is 19.1 Å². The molecule has 0 saturated carbocycles. The Kier molecular flexibility index (Phi) is 5.20. The van der Waals surface area contributed by atoms with Gasteiger partial charge in [-0.25, -0.2) is 13.6 Å². The fourth-order valence-corrected chi connectivity index (χ4v) is 3.54. The summed E-state index contributed by atoms with van der Waals surface area (Å²) in [6, 6.07) is 6.62. The number of nitrogens with zero attached hydrogens (tertiary/aromatic N) is 1. The summed E-state index contributed by atoms with van der Waals surface area (Å²) < 4.78 is 22.1. The van der Waals surface area contributed by atoms with Crippen molar-refractivity contribution in [3.63, 3.8) is 0 Å². The van der Waals surface area contributed by atoms with Crippen molar-refractivity contribution in [1.29, 1.82) is 0 Å². The van der Waals surface area contributed by atoms with E-state index in [9.17, 15) is 13.2 Å². The van der Waals surface area contributed by atoms with Crippen LogP contribution in [0.2, 0.25) is 0 Å². The first kappa shape index (κ1) is 16.9. The lowest BCUT2D eigenvalue weighted by molar-refractivity contribution is 0.0573. The summed E-state index contributed by atoms with van der Waals surface area (Å²) >= 11 is 0. The summed E-state index contributed by atoms with van der Waals surface area (Å²) in [4.78, 5) is 14.4. The Hall–Kier alpha value is -1.44. The van der Waals surface area contributed by atoms with Crippen LogP contribution in [0, 0.1) is 5.92 Å². The number of hydrogen-bond acceptors (Lipinski definition) is 4. The van der Waals surface area contributed by atoms with E-state index in [4.69, 9.17) is 10.9 Å². The molecule has 0 aromatic heterocycles. The fraction of sp³-hybridized carbons (Fsp3) is 0.533. The lowest BCUT2D eigenvalue weighted by Gasteiger charge is -2.38. The van der Waals surface area contributed by atoms with E-state index in [1.165, 1.54) is 0 Å². The highest BCUT2D eigenvalue weighted by atomic mass is 32.2. The van der Waals surface area contributed by atoms with Gasteiger partial charge < -0.3 is 10.6 Å². The Morgan fingerprint density at radius 1 is 1.32 bits per heavy atom. The van der Waals surface area contributed by atoms with Gasteiger partial charge in [-0.3, -0.25) is 4.79 Å². The minimum Gasteiger partial charge on any atom is -0.334 e. The minimum atomic E-state index is -3.56. The molecule has 0 aliphatic carbocycles. The number of likely N-dealkylation sites (tertiary alicyclic amines) is 1. The van der Waals surface area contributed by atoms with Gasteiger partial charge in [0.2, 0.25) is 10.0 Å². The second-order valence-electron chi connectivity index (χ2n) is 6.02. The largest absolute Gasteiger partial charge is 0.334 e. The lowest BCUT2D eigenvalue weighted by Crippen LogP contribution is -2.49. The van der Waals surface area contributed by atoms with Gasteiger partial charge in [0.05, 0.1) is 5.75 Å². The molecule has 0 spiro atoms. The zero-order chi connectivity index (χ0) is 16.3. The third-order valence-electron chi connectivity index (χ3n) is 4.08. The lowest BCUT2D eigenvalue weighted by atomic mass is 9.92. The Bertz CT molecular complexity index is 628. The highest BCUT2D eigenvalue weighted by molar-refractivity contribution is 7.88. The Labute approximate surface area is 131 Å². The number of hydrogen-bond donors (Lipinski definition) is 2. The first-order chi connectivity index (χ1) is 10.3. The first-order valence-electron chi connectivity index (χ1n) is 7.40. The molecule has 4 N–H and O–H groups in total. The Balaban J connectivity index is 2.12. The molecule has 0 radical (unpaired) electrons. The number of carbonyl (C=O) groups excluding carboxylic acids is 1. The van der Waals surface area contributed by atoms with Crippen LogP contribution < -0.4 is 10.9 Å². The quantitative estimate of drug-likeness (QED) is 0.848. The fourth-order valence-electron chi connectivity index (χ4n) is 2.88. The summed E-state index contributed by atoms with van der Waals surface area (Å²) in [7, 11) is -3.56.